The van der Waals surface area contributed by atoms with Crippen LogP contribution >= 0.6 is 0 Å². The summed E-state index contributed by atoms with van der Waals surface area (Å²) in [6.45, 7) is 2.28. The van der Waals surface area contributed by atoms with Gasteiger partial charge in [-0.05, 0) is 6.54 Å². The van der Waals surface area contributed by atoms with Gasteiger partial charge < -0.3 is 10.4 Å². The van der Waals surface area contributed by atoms with Gasteiger partial charge in [-0.15, -0.1) is 0 Å². The van der Waals surface area contributed by atoms with Crippen LogP contribution in [-0.2, 0) is 0 Å². The molecule has 0 amide bonds. The summed E-state index contributed by atoms with van der Waals surface area (Å²) in [5.74, 6) is 0. The Labute approximate surface area is 81.9 Å². The van der Waals surface area contributed by atoms with Crippen molar-refractivity contribution in [1.82, 2.24) is 10.2 Å². The molecule has 0 aromatic rings. The Bertz CT molecular complexity index is 141. The number of nitrogens with one attached hydrogen (secondary N) is 1. The highest BCUT2D eigenvalue weighted by Crippen LogP contribution is 2.15. The van der Waals surface area contributed by atoms with Crippen LogP contribution in [0.2, 0.25) is 0 Å². The number of aliphatic hydroxyl groups is 1. The first-order valence-electron chi connectivity index (χ1n) is 4.60. The molecule has 0 atom stereocenters. The van der Waals surface area contributed by atoms with E-state index in [0.29, 0.717) is 13.1 Å². The van der Waals surface area contributed by atoms with Gasteiger partial charge in [0.1, 0.15) is 0 Å². The second kappa shape index (κ2) is 7.03. The van der Waals surface area contributed by atoms with Crippen molar-refractivity contribution in [1.29, 1.82) is 0 Å². The second-order valence-corrected chi connectivity index (χ2v) is 2.97. The summed E-state index contributed by atoms with van der Waals surface area (Å²) in [4.78, 5) is 1.18. The topological polar surface area (TPSA) is 35.5 Å². The predicted molar refractivity (Wildman–Crippen MR) is 48.1 cm³/mol. The third-order valence-corrected chi connectivity index (χ3v) is 1.67. The van der Waals surface area contributed by atoms with Crippen molar-refractivity contribution in [3.8, 4) is 0 Å². The minimum Gasteiger partial charge on any atom is -0.395 e. The molecule has 0 bridgehead atoms. The fourth-order valence-corrected chi connectivity index (χ4v) is 1.08. The van der Waals surface area contributed by atoms with Crippen LogP contribution in [0.1, 0.15) is 6.92 Å². The van der Waals surface area contributed by atoms with Crippen molar-refractivity contribution >= 4 is 0 Å². The number of alkyl halides is 3. The Morgan fingerprint density at radius 2 is 1.93 bits per heavy atom. The second-order valence-electron chi connectivity index (χ2n) is 2.97. The molecule has 0 heterocycles. The monoisotopic (exact) mass is 214 g/mol. The van der Waals surface area contributed by atoms with Gasteiger partial charge in [-0.1, -0.05) is 6.92 Å². The molecule has 0 radical (unpaired) electrons. The first kappa shape index (κ1) is 13.7. The van der Waals surface area contributed by atoms with Crippen LogP contribution in [0, 0.1) is 0 Å². The number of halogens is 3. The lowest BCUT2D eigenvalue weighted by atomic mass is 10.4. The third-order valence-electron chi connectivity index (χ3n) is 1.67. The Hall–Kier alpha value is -0.330. The first-order valence-corrected chi connectivity index (χ1v) is 4.60. The molecule has 0 fully saturated rings. The van der Waals surface area contributed by atoms with E-state index in [1.54, 1.807) is 0 Å². The maximum Gasteiger partial charge on any atom is 0.401 e. The zero-order chi connectivity index (χ0) is 11.0. The molecular formula is C8H17F3N2O. The number of hydrogen-bond acceptors (Lipinski definition) is 3. The van der Waals surface area contributed by atoms with Crippen LogP contribution in [0.5, 0.6) is 0 Å². The zero-order valence-corrected chi connectivity index (χ0v) is 8.27. The van der Waals surface area contributed by atoms with E-state index in [4.69, 9.17) is 5.11 Å². The van der Waals surface area contributed by atoms with E-state index >= 15 is 0 Å². The van der Waals surface area contributed by atoms with Gasteiger partial charge in [-0.3, -0.25) is 4.90 Å². The number of likely N-dealkylation sites (N-methyl/N-ethyl adjacent to an activating group) is 1. The molecule has 0 saturated heterocycles. The van der Waals surface area contributed by atoms with Crippen molar-refractivity contribution in [2.45, 2.75) is 13.1 Å². The molecule has 14 heavy (non-hydrogen) atoms. The predicted octanol–water partition coefficient (Wildman–Crippen LogP) is 0.452. The summed E-state index contributed by atoms with van der Waals surface area (Å²) >= 11 is 0. The average molecular weight is 214 g/mol. The van der Waals surface area contributed by atoms with Crippen LogP contribution in [-0.4, -0.2) is 55.5 Å². The highest BCUT2D eigenvalue weighted by molar-refractivity contribution is 4.64. The van der Waals surface area contributed by atoms with Gasteiger partial charge in [-0.2, -0.15) is 13.2 Å². The summed E-state index contributed by atoms with van der Waals surface area (Å²) in [5, 5.41) is 11.5. The third kappa shape index (κ3) is 8.28. The van der Waals surface area contributed by atoms with Gasteiger partial charge in [0.15, 0.2) is 0 Å². The van der Waals surface area contributed by atoms with Gasteiger partial charge in [0.05, 0.1) is 13.2 Å². The van der Waals surface area contributed by atoms with Crippen LogP contribution in [0.3, 0.4) is 0 Å². The molecule has 0 aliphatic rings. The Balaban J connectivity index is 3.77. The summed E-state index contributed by atoms with van der Waals surface area (Å²) in [6.07, 6.45) is -4.19. The van der Waals surface area contributed by atoms with Crippen LogP contribution in [0.25, 0.3) is 0 Å². The van der Waals surface area contributed by atoms with E-state index in [2.05, 4.69) is 5.32 Å². The largest absolute Gasteiger partial charge is 0.401 e. The van der Waals surface area contributed by atoms with Gasteiger partial charge >= 0.3 is 6.18 Å². The number of rotatable bonds is 7. The minimum atomic E-state index is -4.19. The molecule has 0 aliphatic carbocycles. The van der Waals surface area contributed by atoms with Gasteiger partial charge in [0.2, 0.25) is 0 Å². The van der Waals surface area contributed by atoms with E-state index in [-0.39, 0.29) is 13.2 Å². The molecular weight excluding hydrogens is 197 g/mol. The molecule has 0 aliphatic heterocycles. The minimum absolute atomic E-state index is 0.0604. The molecule has 6 heteroatoms. The maximum absolute atomic E-state index is 12.0. The number of aliphatic hydroxyl groups excluding tert-OH is 1. The molecule has 0 rings (SSSR count). The molecule has 86 valence electrons. The molecule has 0 aromatic heterocycles. The summed E-state index contributed by atoms with van der Waals surface area (Å²) in [5.41, 5.74) is 0. The van der Waals surface area contributed by atoms with Gasteiger partial charge in [0, 0.05) is 19.6 Å². The normalized spacial score (nSPS) is 12.4. The molecule has 0 spiro atoms. The van der Waals surface area contributed by atoms with Crippen LogP contribution in [0.4, 0.5) is 13.2 Å². The summed E-state index contributed by atoms with van der Waals surface area (Å²) in [7, 11) is 0. The van der Waals surface area contributed by atoms with E-state index in [1.165, 1.54) is 4.90 Å². The molecule has 0 unspecified atom stereocenters. The Morgan fingerprint density at radius 3 is 2.36 bits per heavy atom. The van der Waals surface area contributed by atoms with Crippen LogP contribution < -0.4 is 5.32 Å². The highest BCUT2D eigenvalue weighted by atomic mass is 19.4. The fourth-order valence-electron chi connectivity index (χ4n) is 1.08. The highest BCUT2D eigenvalue weighted by Gasteiger charge is 2.30. The lowest BCUT2D eigenvalue weighted by molar-refractivity contribution is -0.146. The van der Waals surface area contributed by atoms with E-state index in [1.807, 2.05) is 6.92 Å². The molecule has 3 nitrogen and oxygen atoms in total. The van der Waals surface area contributed by atoms with E-state index < -0.39 is 12.7 Å². The molecule has 0 aromatic carbocycles. The van der Waals surface area contributed by atoms with Crippen molar-refractivity contribution in [3.63, 3.8) is 0 Å². The zero-order valence-electron chi connectivity index (χ0n) is 8.27. The standard InChI is InChI=1S/C8H17F3N2O/c1-2-12-3-4-13(5-6-14)7-8(9,10)11/h12,14H,2-7H2,1H3. The quantitative estimate of drug-likeness (QED) is 0.604. The smallest absolute Gasteiger partial charge is 0.395 e. The van der Waals surface area contributed by atoms with E-state index in [0.717, 1.165) is 6.54 Å². The Kier molecular flexibility index (Phi) is 6.86. The van der Waals surface area contributed by atoms with Gasteiger partial charge in [-0.25, -0.2) is 0 Å². The summed E-state index contributed by atoms with van der Waals surface area (Å²) in [6, 6.07) is 0. The van der Waals surface area contributed by atoms with Gasteiger partial charge in [0.25, 0.3) is 0 Å². The van der Waals surface area contributed by atoms with Crippen molar-refractivity contribution in [3.05, 3.63) is 0 Å². The Morgan fingerprint density at radius 1 is 1.29 bits per heavy atom. The maximum atomic E-state index is 12.0. The molecule has 0 saturated carbocycles. The van der Waals surface area contributed by atoms with Crippen molar-refractivity contribution in [2.75, 3.05) is 39.3 Å². The summed E-state index contributed by atoms with van der Waals surface area (Å²) < 4.78 is 36.0. The fraction of sp³-hybridized carbons (Fsp3) is 1.00. The number of nitrogens with zero attached hydrogens (tertiary/aromatic N) is 1. The average Bonchev–Trinajstić information content (AvgIpc) is 2.02. The lowest BCUT2D eigenvalue weighted by Gasteiger charge is -2.22. The molecule has 2 N–H and O–H groups in total. The first-order chi connectivity index (χ1) is 6.49. The van der Waals surface area contributed by atoms with Crippen molar-refractivity contribution in [2.24, 2.45) is 0 Å². The van der Waals surface area contributed by atoms with E-state index in [9.17, 15) is 13.2 Å². The SMILES string of the molecule is CCNCCN(CCO)CC(F)(F)F. The number of hydrogen-bond donors (Lipinski definition) is 2. The lowest BCUT2D eigenvalue weighted by Crippen LogP contribution is -2.40. The van der Waals surface area contributed by atoms with Crippen molar-refractivity contribution < 1.29 is 18.3 Å². The van der Waals surface area contributed by atoms with Crippen LogP contribution in [0.15, 0.2) is 0 Å².